The number of rotatable bonds is 4. The molecule has 0 spiro atoms. The highest BCUT2D eigenvalue weighted by atomic mass is 32.2. The van der Waals surface area contributed by atoms with Crippen LogP contribution in [0.25, 0.3) is 17.0 Å². The van der Waals surface area contributed by atoms with Gasteiger partial charge in [0.05, 0.1) is 28.7 Å². The van der Waals surface area contributed by atoms with Gasteiger partial charge in [0.2, 0.25) is 0 Å². The van der Waals surface area contributed by atoms with Crippen molar-refractivity contribution in [2.75, 3.05) is 13.1 Å². The first-order chi connectivity index (χ1) is 16.7. The number of imide groups is 1. The predicted molar refractivity (Wildman–Crippen MR) is 124 cm³/mol. The Morgan fingerprint density at radius 1 is 1.11 bits per heavy atom. The second-order valence-electron chi connectivity index (χ2n) is 8.45. The van der Waals surface area contributed by atoms with E-state index < -0.39 is 17.6 Å². The summed E-state index contributed by atoms with van der Waals surface area (Å²) >= 11 is 0.908. The van der Waals surface area contributed by atoms with Gasteiger partial charge < -0.3 is 5.32 Å². The van der Waals surface area contributed by atoms with Gasteiger partial charge in [-0.05, 0) is 79.2 Å². The molecule has 2 saturated heterocycles. The Labute approximate surface area is 202 Å². The third kappa shape index (κ3) is 4.70. The maximum Gasteiger partial charge on any atom is 0.416 e. The van der Waals surface area contributed by atoms with Gasteiger partial charge >= 0.3 is 6.18 Å². The van der Waals surface area contributed by atoms with Crippen LogP contribution in [0, 0.1) is 5.82 Å². The summed E-state index contributed by atoms with van der Waals surface area (Å²) in [5.74, 6) is -1.26. The van der Waals surface area contributed by atoms with Crippen LogP contribution in [0.15, 0.2) is 47.5 Å². The monoisotopic (exact) mass is 504 g/mol. The number of nitrogens with zero attached hydrogens (tertiary/aromatic N) is 3. The topological polar surface area (TPSA) is 67.2 Å². The van der Waals surface area contributed by atoms with Crippen LogP contribution in [0.5, 0.6) is 0 Å². The summed E-state index contributed by atoms with van der Waals surface area (Å²) in [6, 6.07) is 7.64. The molecule has 1 N–H and O–H groups in total. The molecule has 3 aromatic rings. The van der Waals surface area contributed by atoms with Crippen molar-refractivity contribution in [3.63, 3.8) is 0 Å². The first-order valence-corrected chi connectivity index (χ1v) is 11.8. The molecule has 2 aliphatic heterocycles. The number of hydrogen-bond donors (Lipinski definition) is 1. The number of nitrogens with one attached hydrogen (secondary N) is 1. The highest BCUT2D eigenvalue weighted by molar-refractivity contribution is 8.18. The van der Waals surface area contributed by atoms with Crippen LogP contribution >= 0.6 is 11.8 Å². The molecule has 6 nitrogen and oxygen atoms in total. The van der Waals surface area contributed by atoms with Crippen molar-refractivity contribution in [1.29, 1.82) is 0 Å². The second-order valence-corrected chi connectivity index (χ2v) is 9.45. The molecule has 0 bridgehead atoms. The largest absolute Gasteiger partial charge is 0.416 e. The van der Waals surface area contributed by atoms with Gasteiger partial charge in [0.15, 0.2) is 0 Å². The molecule has 2 amide bonds. The number of alkyl halides is 3. The van der Waals surface area contributed by atoms with E-state index in [1.54, 1.807) is 24.3 Å². The van der Waals surface area contributed by atoms with E-state index in [2.05, 4.69) is 10.4 Å². The van der Waals surface area contributed by atoms with Gasteiger partial charge in [-0.2, -0.15) is 18.3 Å². The lowest BCUT2D eigenvalue weighted by Crippen LogP contribution is -2.45. The molecule has 2 aromatic carbocycles. The SMILES string of the molecule is O=C1SC(=Cc2ccc3c(cnn3Cc3ccc(F)cc3C(F)(F)F)c2)C(=O)N1C1CCNCC1. The Morgan fingerprint density at radius 3 is 2.63 bits per heavy atom. The molecule has 3 heterocycles. The van der Waals surface area contributed by atoms with Gasteiger partial charge in [0.25, 0.3) is 11.1 Å². The van der Waals surface area contributed by atoms with E-state index in [0.29, 0.717) is 27.4 Å². The van der Waals surface area contributed by atoms with E-state index in [-0.39, 0.29) is 29.3 Å². The number of carbonyl (C=O) groups is 2. The Bertz CT molecular complexity index is 1350. The average Bonchev–Trinajstić information content (AvgIpc) is 3.34. The number of thioether (sulfide) groups is 1. The lowest BCUT2D eigenvalue weighted by Gasteiger charge is -2.29. The Kier molecular flexibility index (Phi) is 6.14. The van der Waals surface area contributed by atoms with Gasteiger partial charge in [-0.15, -0.1) is 0 Å². The molecule has 0 unspecified atom stereocenters. The fourth-order valence-electron chi connectivity index (χ4n) is 4.44. The highest BCUT2D eigenvalue weighted by Crippen LogP contribution is 2.36. The lowest BCUT2D eigenvalue weighted by molar-refractivity contribution is -0.138. The number of fused-ring (bicyclic) bond motifs is 1. The third-order valence-electron chi connectivity index (χ3n) is 6.16. The summed E-state index contributed by atoms with van der Waals surface area (Å²) in [6.45, 7) is 1.33. The Hall–Kier alpha value is -3.18. The molecule has 2 fully saturated rings. The highest BCUT2D eigenvalue weighted by Gasteiger charge is 2.40. The molecule has 2 aliphatic rings. The molecule has 11 heteroatoms. The summed E-state index contributed by atoms with van der Waals surface area (Å²) in [5, 5.41) is 7.80. The molecule has 0 atom stereocenters. The Balaban J connectivity index is 1.40. The minimum atomic E-state index is -4.69. The normalized spacial score (nSPS) is 18.9. The maximum atomic E-state index is 13.4. The van der Waals surface area contributed by atoms with Crippen molar-refractivity contribution >= 4 is 39.9 Å². The predicted octanol–water partition coefficient (Wildman–Crippen LogP) is 5.03. The minimum absolute atomic E-state index is 0.0976. The summed E-state index contributed by atoms with van der Waals surface area (Å²) in [4.78, 5) is 27.0. The van der Waals surface area contributed by atoms with Crippen LogP contribution in [-0.4, -0.2) is 45.0 Å². The number of halogens is 4. The summed E-state index contributed by atoms with van der Waals surface area (Å²) in [5.41, 5.74) is 0.120. The molecular weight excluding hydrogens is 484 g/mol. The van der Waals surface area contributed by atoms with Crippen molar-refractivity contribution in [1.82, 2.24) is 20.0 Å². The number of aromatic nitrogens is 2. The van der Waals surface area contributed by atoms with E-state index in [1.807, 2.05) is 0 Å². The standard InChI is InChI=1S/C24H20F4N4O2S/c25-17-3-2-15(19(11-17)24(26,27)28)13-31-20-4-1-14(9-16(20)12-30-31)10-21-22(33)32(23(34)35-21)18-5-7-29-8-6-18/h1-4,9-12,18,29H,5-8,13H2. The van der Waals surface area contributed by atoms with Gasteiger partial charge in [-0.3, -0.25) is 19.2 Å². The van der Waals surface area contributed by atoms with Crippen molar-refractivity contribution in [2.45, 2.75) is 31.6 Å². The van der Waals surface area contributed by atoms with E-state index >= 15 is 0 Å². The van der Waals surface area contributed by atoms with Crippen LogP contribution in [0.4, 0.5) is 22.4 Å². The molecular formula is C24H20F4N4O2S. The number of hydrogen-bond acceptors (Lipinski definition) is 5. The van der Waals surface area contributed by atoms with Crippen molar-refractivity contribution in [3.05, 3.63) is 70.0 Å². The van der Waals surface area contributed by atoms with E-state index in [9.17, 15) is 27.2 Å². The fraction of sp³-hybridized carbons (Fsp3) is 0.292. The summed E-state index contributed by atoms with van der Waals surface area (Å²) in [7, 11) is 0. The zero-order valence-corrected chi connectivity index (χ0v) is 19.1. The number of piperidine rings is 1. The summed E-state index contributed by atoms with van der Waals surface area (Å²) < 4.78 is 54.9. The second kappa shape index (κ2) is 9.12. The fourth-order valence-corrected chi connectivity index (χ4v) is 5.34. The van der Waals surface area contributed by atoms with Crippen LogP contribution in [-0.2, 0) is 17.5 Å². The van der Waals surface area contributed by atoms with Crippen LogP contribution in [0.1, 0.15) is 29.5 Å². The van der Waals surface area contributed by atoms with Gasteiger partial charge in [0.1, 0.15) is 5.82 Å². The zero-order chi connectivity index (χ0) is 24.7. The van der Waals surface area contributed by atoms with Gasteiger partial charge in [-0.25, -0.2) is 4.39 Å². The number of carbonyl (C=O) groups excluding carboxylic acids is 2. The zero-order valence-electron chi connectivity index (χ0n) is 18.3. The minimum Gasteiger partial charge on any atom is -0.317 e. The molecule has 0 aliphatic carbocycles. The van der Waals surface area contributed by atoms with Crippen molar-refractivity contribution in [3.8, 4) is 0 Å². The number of amides is 2. The first-order valence-electron chi connectivity index (χ1n) is 11.0. The van der Waals surface area contributed by atoms with Crippen LogP contribution in [0.2, 0.25) is 0 Å². The molecule has 0 radical (unpaired) electrons. The third-order valence-corrected chi connectivity index (χ3v) is 7.04. The number of benzene rings is 2. The van der Waals surface area contributed by atoms with Crippen molar-refractivity contribution in [2.24, 2.45) is 0 Å². The van der Waals surface area contributed by atoms with Gasteiger partial charge in [-0.1, -0.05) is 12.1 Å². The average molecular weight is 505 g/mol. The molecule has 5 rings (SSSR count). The van der Waals surface area contributed by atoms with E-state index in [4.69, 9.17) is 0 Å². The molecule has 35 heavy (non-hydrogen) atoms. The molecule has 182 valence electrons. The molecule has 0 saturated carbocycles. The maximum absolute atomic E-state index is 13.4. The molecule has 1 aromatic heterocycles. The van der Waals surface area contributed by atoms with E-state index in [0.717, 1.165) is 49.8 Å². The van der Waals surface area contributed by atoms with Crippen LogP contribution < -0.4 is 5.32 Å². The first kappa shape index (κ1) is 23.6. The van der Waals surface area contributed by atoms with E-state index in [1.165, 1.54) is 15.8 Å². The quantitative estimate of drug-likeness (QED) is 0.399. The van der Waals surface area contributed by atoms with Gasteiger partial charge in [0, 0.05) is 11.4 Å². The smallest absolute Gasteiger partial charge is 0.317 e. The summed E-state index contributed by atoms with van der Waals surface area (Å²) in [6.07, 6.45) is -0.0828. The lowest BCUT2D eigenvalue weighted by atomic mass is 10.1. The van der Waals surface area contributed by atoms with Crippen molar-refractivity contribution < 1.29 is 27.2 Å². The van der Waals surface area contributed by atoms with Crippen LogP contribution in [0.3, 0.4) is 0 Å². The Morgan fingerprint density at radius 2 is 1.89 bits per heavy atom.